The fraction of sp³-hybridized carbons (Fsp3) is 0.214. The van der Waals surface area contributed by atoms with Crippen LogP contribution >= 0.6 is 11.3 Å². The van der Waals surface area contributed by atoms with Gasteiger partial charge < -0.3 is 4.90 Å². The summed E-state index contributed by atoms with van der Waals surface area (Å²) in [5.41, 5.74) is 3.92. The molecule has 0 atom stereocenters. The van der Waals surface area contributed by atoms with Crippen molar-refractivity contribution in [2.45, 2.75) is 6.92 Å². The minimum atomic E-state index is 0.711. The first-order valence-corrected chi connectivity index (χ1v) is 6.89. The van der Waals surface area contributed by atoms with Gasteiger partial charge in [-0.3, -0.25) is 4.98 Å². The molecule has 3 aromatic rings. The van der Waals surface area contributed by atoms with Gasteiger partial charge in [-0.25, -0.2) is 9.97 Å². The molecule has 96 valence electrons. The van der Waals surface area contributed by atoms with Gasteiger partial charge in [-0.2, -0.15) is 0 Å². The maximum Gasteiger partial charge on any atom is 0.226 e. The van der Waals surface area contributed by atoms with Crippen LogP contribution in [0.1, 0.15) is 5.56 Å². The minimum absolute atomic E-state index is 0.711. The van der Waals surface area contributed by atoms with Gasteiger partial charge in [0.15, 0.2) is 0 Å². The highest BCUT2D eigenvalue weighted by Gasteiger charge is 2.12. The van der Waals surface area contributed by atoms with E-state index in [1.54, 1.807) is 11.3 Å². The molecule has 0 fully saturated rings. The summed E-state index contributed by atoms with van der Waals surface area (Å²) in [6.45, 7) is 2.03. The first kappa shape index (κ1) is 12.0. The van der Waals surface area contributed by atoms with Crippen molar-refractivity contribution in [1.82, 2.24) is 15.0 Å². The highest BCUT2D eigenvalue weighted by molar-refractivity contribution is 7.17. The molecule has 4 nitrogen and oxygen atoms in total. The second-order valence-electron chi connectivity index (χ2n) is 4.62. The standard InChI is InChI=1S/C14H14N4S/c1-9-4-5-10(15-8-9)12-13-11(6-7-19-13)16-14(17-12)18(2)3/h4-8H,1-3H3. The first-order chi connectivity index (χ1) is 9.15. The zero-order valence-corrected chi connectivity index (χ0v) is 11.9. The van der Waals surface area contributed by atoms with E-state index < -0.39 is 0 Å². The molecule has 19 heavy (non-hydrogen) atoms. The van der Waals surface area contributed by atoms with Crippen LogP contribution in [0.4, 0.5) is 5.95 Å². The Morgan fingerprint density at radius 1 is 1.11 bits per heavy atom. The monoisotopic (exact) mass is 270 g/mol. The molecule has 3 heterocycles. The molecule has 0 radical (unpaired) electrons. The quantitative estimate of drug-likeness (QED) is 0.717. The molecule has 0 saturated heterocycles. The predicted octanol–water partition coefficient (Wildman–Crippen LogP) is 3.13. The van der Waals surface area contributed by atoms with Crippen LogP contribution in [0.5, 0.6) is 0 Å². The lowest BCUT2D eigenvalue weighted by atomic mass is 10.2. The fourth-order valence-corrected chi connectivity index (χ4v) is 2.66. The Morgan fingerprint density at radius 2 is 1.95 bits per heavy atom. The minimum Gasteiger partial charge on any atom is -0.347 e. The Balaban J connectivity index is 2.26. The van der Waals surface area contributed by atoms with Crippen LogP contribution in [-0.4, -0.2) is 29.0 Å². The molecule has 3 aromatic heterocycles. The van der Waals surface area contributed by atoms with Gasteiger partial charge >= 0.3 is 0 Å². The average Bonchev–Trinajstić information content (AvgIpc) is 2.86. The Morgan fingerprint density at radius 3 is 2.63 bits per heavy atom. The van der Waals surface area contributed by atoms with Crippen LogP contribution in [-0.2, 0) is 0 Å². The molecule has 0 bridgehead atoms. The summed E-state index contributed by atoms with van der Waals surface area (Å²) >= 11 is 1.65. The smallest absolute Gasteiger partial charge is 0.226 e. The number of pyridine rings is 1. The van der Waals surface area contributed by atoms with Crippen molar-refractivity contribution < 1.29 is 0 Å². The number of hydrogen-bond acceptors (Lipinski definition) is 5. The number of hydrogen-bond donors (Lipinski definition) is 0. The van der Waals surface area contributed by atoms with E-state index in [9.17, 15) is 0 Å². The van der Waals surface area contributed by atoms with E-state index in [2.05, 4.69) is 21.0 Å². The van der Waals surface area contributed by atoms with Crippen LogP contribution in [0.15, 0.2) is 29.8 Å². The number of aryl methyl sites for hydroxylation is 1. The number of nitrogens with zero attached hydrogens (tertiary/aromatic N) is 4. The molecule has 0 aromatic carbocycles. The van der Waals surface area contributed by atoms with Crippen LogP contribution in [0.25, 0.3) is 21.6 Å². The number of aromatic nitrogens is 3. The van der Waals surface area contributed by atoms with Crippen molar-refractivity contribution >= 4 is 27.5 Å². The molecule has 0 spiro atoms. The lowest BCUT2D eigenvalue weighted by Crippen LogP contribution is -2.13. The Bertz CT molecular complexity index is 716. The molecule has 0 saturated carbocycles. The van der Waals surface area contributed by atoms with Gasteiger partial charge in [-0.15, -0.1) is 11.3 Å². The van der Waals surface area contributed by atoms with Gasteiger partial charge in [0.25, 0.3) is 0 Å². The highest BCUT2D eigenvalue weighted by atomic mass is 32.1. The third-order valence-electron chi connectivity index (χ3n) is 2.85. The average molecular weight is 270 g/mol. The van der Waals surface area contributed by atoms with E-state index in [0.717, 1.165) is 27.2 Å². The SMILES string of the molecule is Cc1ccc(-c2nc(N(C)C)nc3ccsc23)nc1. The highest BCUT2D eigenvalue weighted by Crippen LogP contribution is 2.30. The number of rotatable bonds is 2. The summed E-state index contributed by atoms with van der Waals surface area (Å²) in [5, 5.41) is 2.04. The van der Waals surface area contributed by atoms with Gasteiger partial charge in [0.05, 0.1) is 15.9 Å². The molecule has 0 amide bonds. The summed E-state index contributed by atoms with van der Waals surface area (Å²) in [6, 6.07) is 6.09. The molecule has 0 aliphatic rings. The molecular formula is C14H14N4S. The van der Waals surface area contributed by atoms with Gasteiger partial charge in [0.1, 0.15) is 5.69 Å². The lowest BCUT2D eigenvalue weighted by Gasteiger charge is -2.11. The molecule has 5 heteroatoms. The van der Waals surface area contributed by atoms with Gasteiger partial charge in [-0.1, -0.05) is 6.07 Å². The van der Waals surface area contributed by atoms with Crippen molar-refractivity contribution in [3.63, 3.8) is 0 Å². The third-order valence-corrected chi connectivity index (χ3v) is 3.76. The molecule has 0 aliphatic carbocycles. The zero-order chi connectivity index (χ0) is 13.4. The molecule has 0 N–H and O–H groups in total. The Hall–Kier alpha value is -2.01. The van der Waals surface area contributed by atoms with E-state index in [4.69, 9.17) is 0 Å². The van der Waals surface area contributed by atoms with Crippen molar-refractivity contribution in [3.8, 4) is 11.4 Å². The maximum absolute atomic E-state index is 4.64. The largest absolute Gasteiger partial charge is 0.347 e. The summed E-state index contributed by atoms with van der Waals surface area (Å²) in [4.78, 5) is 15.6. The van der Waals surface area contributed by atoms with Gasteiger partial charge in [0.2, 0.25) is 5.95 Å². The van der Waals surface area contributed by atoms with E-state index >= 15 is 0 Å². The molecule has 3 rings (SSSR count). The van der Waals surface area contributed by atoms with Crippen LogP contribution < -0.4 is 4.90 Å². The fourth-order valence-electron chi connectivity index (χ4n) is 1.83. The number of anilines is 1. The van der Waals surface area contributed by atoms with Crippen LogP contribution in [0, 0.1) is 6.92 Å². The lowest BCUT2D eigenvalue weighted by molar-refractivity contribution is 1.02. The summed E-state index contributed by atoms with van der Waals surface area (Å²) in [7, 11) is 3.89. The van der Waals surface area contributed by atoms with Crippen molar-refractivity contribution in [2.24, 2.45) is 0 Å². The summed E-state index contributed by atoms with van der Waals surface area (Å²) in [6.07, 6.45) is 1.87. The topological polar surface area (TPSA) is 41.9 Å². The zero-order valence-electron chi connectivity index (χ0n) is 11.1. The van der Waals surface area contributed by atoms with Gasteiger partial charge in [0, 0.05) is 20.3 Å². The van der Waals surface area contributed by atoms with Gasteiger partial charge in [-0.05, 0) is 30.0 Å². The molecule has 0 unspecified atom stereocenters. The van der Waals surface area contributed by atoms with Crippen LogP contribution in [0.2, 0.25) is 0 Å². The third kappa shape index (κ3) is 2.17. The van der Waals surface area contributed by atoms with E-state index in [-0.39, 0.29) is 0 Å². The number of fused-ring (bicyclic) bond motifs is 1. The second kappa shape index (κ2) is 4.59. The van der Waals surface area contributed by atoms with E-state index in [1.807, 2.05) is 49.6 Å². The predicted molar refractivity (Wildman–Crippen MR) is 79.7 cm³/mol. The normalized spacial score (nSPS) is 10.9. The summed E-state index contributed by atoms with van der Waals surface area (Å²) < 4.78 is 1.09. The Kier molecular flexibility index (Phi) is 2.91. The van der Waals surface area contributed by atoms with Crippen LogP contribution in [0.3, 0.4) is 0 Å². The molecule has 0 aliphatic heterocycles. The van der Waals surface area contributed by atoms with E-state index in [0.29, 0.717) is 5.95 Å². The summed E-state index contributed by atoms with van der Waals surface area (Å²) in [5.74, 6) is 0.711. The van der Waals surface area contributed by atoms with Crippen molar-refractivity contribution in [3.05, 3.63) is 35.3 Å². The first-order valence-electron chi connectivity index (χ1n) is 6.01. The molecular weight excluding hydrogens is 256 g/mol. The number of thiophene rings is 1. The van der Waals surface area contributed by atoms with E-state index in [1.165, 1.54) is 0 Å². The van der Waals surface area contributed by atoms with Crippen molar-refractivity contribution in [2.75, 3.05) is 19.0 Å². The maximum atomic E-state index is 4.64. The van der Waals surface area contributed by atoms with Crippen molar-refractivity contribution in [1.29, 1.82) is 0 Å². The Labute approximate surface area is 115 Å². The second-order valence-corrected chi connectivity index (χ2v) is 5.54.